The van der Waals surface area contributed by atoms with Crippen LogP contribution in [-0.4, -0.2) is 6.54 Å². The fourth-order valence-electron chi connectivity index (χ4n) is 3.65. The number of hydrogen-bond acceptors (Lipinski definition) is 1. The van der Waals surface area contributed by atoms with Crippen molar-refractivity contribution in [1.29, 1.82) is 0 Å². The van der Waals surface area contributed by atoms with E-state index in [0.717, 1.165) is 29.7 Å². The van der Waals surface area contributed by atoms with Crippen LogP contribution in [0.15, 0.2) is 0 Å². The van der Waals surface area contributed by atoms with Crippen LogP contribution in [-0.2, 0) is 0 Å². The summed E-state index contributed by atoms with van der Waals surface area (Å²) in [7, 11) is 0. The molecule has 3 rings (SSSR count). The normalized spacial score (nSPS) is 67.0. The molecule has 1 nitrogen and oxygen atoms in total. The van der Waals surface area contributed by atoms with Gasteiger partial charge in [0.05, 0.1) is 0 Å². The van der Waals surface area contributed by atoms with E-state index in [1.54, 1.807) is 0 Å². The fraction of sp³-hybridized carbons (Fsp3) is 1.00. The summed E-state index contributed by atoms with van der Waals surface area (Å²) in [6.45, 7) is 0.993. The van der Waals surface area contributed by atoms with E-state index in [2.05, 4.69) is 0 Å². The smallest absolute Gasteiger partial charge is 0.00125 e. The largest absolute Gasteiger partial charge is 0.330 e. The third-order valence-corrected chi connectivity index (χ3v) is 4.34. The van der Waals surface area contributed by atoms with Crippen molar-refractivity contribution in [3.8, 4) is 0 Å². The molecule has 0 bridgehead atoms. The van der Waals surface area contributed by atoms with E-state index in [0.29, 0.717) is 0 Å². The summed E-state index contributed by atoms with van der Waals surface area (Å²) in [4.78, 5) is 0. The second kappa shape index (κ2) is 1.07. The molecule has 0 radical (unpaired) electrons. The highest BCUT2D eigenvalue weighted by Gasteiger charge is 2.72. The summed E-state index contributed by atoms with van der Waals surface area (Å²) in [6.07, 6.45) is 4.56. The second-order valence-corrected chi connectivity index (χ2v) is 4.11. The highest BCUT2D eigenvalue weighted by molar-refractivity contribution is 5.22. The van der Waals surface area contributed by atoms with Gasteiger partial charge in [0.15, 0.2) is 0 Å². The molecule has 0 atom stereocenters. The molecule has 0 spiro atoms. The minimum Gasteiger partial charge on any atom is -0.330 e. The van der Waals surface area contributed by atoms with Crippen molar-refractivity contribution in [1.82, 2.24) is 0 Å². The van der Waals surface area contributed by atoms with Gasteiger partial charge in [-0.15, -0.1) is 0 Å². The van der Waals surface area contributed by atoms with Gasteiger partial charge in [-0.05, 0) is 49.0 Å². The van der Waals surface area contributed by atoms with Crippen LogP contribution in [0.2, 0.25) is 0 Å². The van der Waals surface area contributed by atoms with Gasteiger partial charge in [0.25, 0.3) is 0 Å². The lowest BCUT2D eigenvalue weighted by Gasteiger charge is -2.78. The summed E-state index contributed by atoms with van der Waals surface area (Å²) < 4.78 is 0. The summed E-state index contributed by atoms with van der Waals surface area (Å²) in [6, 6.07) is 0. The zero-order chi connectivity index (χ0) is 6.06. The number of rotatable bonds is 1. The molecule has 1 heteroatoms. The monoisotopic (exact) mass is 123 g/mol. The van der Waals surface area contributed by atoms with E-state index in [-0.39, 0.29) is 0 Å². The van der Waals surface area contributed by atoms with Crippen LogP contribution in [0.4, 0.5) is 0 Å². The van der Waals surface area contributed by atoms with Crippen molar-refractivity contribution in [2.24, 2.45) is 28.9 Å². The summed E-state index contributed by atoms with van der Waals surface area (Å²) in [5.74, 6) is 3.23. The van der Waals surface area contributed by atoms with E-state index in [1.807, 2.05) is 0 Å². The van der Waals surface area contributed by atoms with Crippen molar-refractivity contribution in [3.63, 3.8) is 0 Å². The lowest BCUT2D eigenvalue weighted by molar-refractivity contribution is -0.283. The molecule has 3 fully saturated rings. The van der Waals surface area contributed by atoms with Crippen LogP contribution < -0.4 is 5.73 Å². The SMILES string of the molecule is NCC12C3CC1CC2C3. The maximum absolute atomic E-state index is 5.73. The average molecular weight is 123 g/mol. The van der Waals surface area contributed by atoms with Crippen LogP contribution in [0.3, 0.4) is 0 Å². The van der Waals surface area contributed by atoms with E-state index in [9.17, 15) is 0 Å². The predicted molar refractivity (Wildman–Crippen MR) is 35.8 cm³/mol. The first-order chi connectivity index (χ1) is 4.38. The van der Waals surface area contributed by atoms with Gasteiger partial charge in [-0.1, -0.05) is 0 Å². The molecule has 9 heavy (non-hydrogen) atoms. The Morgan fingerprint density at radius 1 is 1.11 bits per heavy atom. The maximum Gasteiger partial charge on any atom is -0.00125 e. The molecule has 0 amide bonds. The third kappa shape index (κ3) is 0.260. The van der Waals surface area contributed by atoms with Gasteiger partial charge in [0.2, 0.25) is 0 Å². The van der Waals surface area contributed by atoms with Crippen molar-refractivity contribution >= 4 is 0 Å². The van der Waals surface area contributed by atoms with Crippen LogP contribution in [0.25, 0.3) is 0 Å². The molecule has 0 unspecified atom stereocenters. The topological polar surface area (TPSA) is 26.0 Å². The zero-order valence-corrected chi connectivity index (χ0v) is 5.64. The molecule has 0 aliphatic heterocycles. The van der Waals surface area contributed by atoms with Crippen molar-refractivity contribution in [2.75, 3.05) is 6.54 Å². The van der Waals surface area contributed by atoms with Gasteiger partial charge < -0.3 is 5.73 Å². The van der Waals surface area contributed by atoms with Crippen LogP contribution >= 0.6 is 0 Å². The Morgan fingerprint density at radius 2 is 1.56 bits per heavy atom. The fourth-order valence-corrected chi connectivity index (χ4v) is 3.65. The first-order valence-electron chi connectivity index (χ1n) is 4.08. The summed E-state index contributed by atoms with van der Waals surface area (Å²) >= 11 is 0. The first-order valence-corrected chi connectivity index (χ1v) is 4.08. The molecule has 50 valence electrons. The number of nitrogens with two attached hydrogens (primary N) is 1. The lowest BCUT2D eigenvalue weighted by atomic mass is 9.27. The quantitative estimate of drug-likeness (QED) is 0.553. The Morgan fingerprint density at radius 3 is 1.67 bits per heavy atom. The lowest BCUT2D eigenvalue weighted by Crippen LogP contribution is -2.74. The molecule has 0 saturated heterocycles. The third-order valence-electron chi connectivity index (χ3n) is 4.34. The molecule has 0 aromatic heterocycles. The van der Waals surface area contributed by atoms with Gasteiger partial charge in [-0.3, -0.25) is 0 Å². The standard InChI is InChI=1S/C8H13N/c9-4-8-5-1-6(8)3-7(8)2-5/h5-7H,1-4,9H2. The molecular weight excluding hydrogens is 110 g/mol. The maximum atomic E-state index is 5.73. The molecule has 0 aromatic carbocycles. The van der Waals surface area contributed by atoms with Crippen LogP contribution in [0.1, 0.15) is 19.3 Å². The summed E-state index contributed by atoms with van der Waals surface area (Å²) in [5.41, 5.74) is 6.47. The van der Waals surface area contributed by atoms with Crippen molar-refractivity contribution < 1.29 is 0 Å². The van der Waals surface area contributed by atoms with Crippen LogP contribution in [0.5, 0.6) is 0 Å². The second-order valence-electron chi connectivity index (χ2n) is 4.11. The average Bonchev–Trinajstić information content (AvgIpc) is 1.91. The molecule has 3 aliphatic carbocycles. The summed E-state index contributed by atoms with van der Waals surface area (Å²) in [5, 5.41) is 0. The minimum absolute atomic E-state index is 0.736. The minimum atomic E-state index is 0.736. The zero-order valence-electron chi connectivity index (χ0n) is 5.64. The predicted octanol–water partition coefficient (Wildman–Crippen LogP) is 0.991. The van der Waals surface area contributed by atoms with E-state index in [4.69, 9.17) is 5.73 Å². The Balaban J connectivity index is 1.95. The molecule has 2 N–H and O–H groups in total. The van der Waals surface area contributed by atoms with Crippen molar-refractivity contribution in [3.05, 3.63) is 0 Å². The Kier molecular flexibility index (Phi) is 0.563. The first kappa shape index (κ1) is 4.73. The van der Waals surface area contributed by atoms with Gasteiger partial charge in [-0.25, -0.2) is 0 Å². The highest BCUT2D eigenvalue weighted by atomic mass is 14.8. The molecule has 0 aromatic rings. The Hall–Kier alpha value is -0.0400. The molecule has 3 aliphatic rings. The Labute approximate surface area is 55.6 Å². The Bertz CT molecular complexity index is 131. The highest BCUT2D eigenvalue weighted by Crippen LogP contribution is 2.78. The van der Waals surface area contributed by atoms with Gasteiger partial charge >= 0.3 is 0 Å². The van der Waals surface area contributed by atoms with Gasteiger partial charge in [0.1, 0.15) is 0 Å². The molecule has 3 saturated carbocycles. The molecular formula is C8H13N. The molecule has 0 heterocycles. The van der Waals surface area contributed by atoms with Crippen molar-refractivity contribution in [2.45, 2.75) is 19.3 Å². The van der Waals surface area contributed by atoms with Gasteiger partial charge in [0, 0.05) is 0 Å². The van der Waals surface area contributed by atoms with E-state index in [1.165, 1.54) is 19.3 Å². The van der Waals surface area contributed by atoms with Crippen LogP contribution in [0, 0.1) is 23.2 Å². The number of hydrogen-bond donors (Lipinski definition) is 1. The van der Waals surface area contributed by atoms with E-state index < -0.39 is 0 Å². The van der Waals surface area contributed by atoms with Gasteiger partial charge in [-0.2, -0.15) is 0 Å². The van der Waals surface area contributed by atoms with E-state index >= 15 is 0 Å².